The molecule has 0 aromatic carbocycles. The summed E-state index contributed by atoms with van der Waals surface area (Å²) in [6.07, 6.45) is 4.83. The molecule has 1 N–H and O–H groups in total. The van der Waals surface area contributed by atoms with Crippen LogP contribution in [0.25, 0.3) is 0 Å². The quantitative estimate of drug-likeness (QED) is 0.725. The number of halogens is 1. The molecule has 0 heterocycles. The summed E-state index contributed by atoms with van der Waals surface area (Å²) in [5.74, 6) is 2.00. The van der Waals surface area contributed by atoms with Gasteiger partial charge in [0, 0.05) is 24.5 Å². The van der Waals surface area contributed by atoms with Crippen LogP contribution in [0.3, 0.4) is 0 Å². The van der Waals surface area contributed by atoms with Gasteiger partial charge in [0.15, 0.2) is 11.6 Å². The molecule has 0 spiro atoms. The Balaban J connectivity index is 0.00000100. The summed E-state index contributed by atoms with van der Waals surface area (Å²) in [7, 11) is 1.00. The van der Waals surface area contributed by atoms with Crippen LogP contribution < -0.4 is 0 Å². The van der Waals surface area contributed by atoms with Gasteiger partial charge in [0.1, 0.15) is 0 Å². The highest BCUT2D eigenvalue weighted by molar-refractivity contribution is 5.96. The lowest BCUT2D eigenvalue weighted by Gasteiger charge is -2.58. The molecule has 0 aromatic heterocycles. The number of carbonyl (C=O) groups excluding carboxylic acids is 1. The third-order valence-electron chi connectivity index (χ3n) is 7.33. The minimum Gasteiger partial charge on any atom is -0.400 e. The van der Waals surface area contributed by atoms with Gasteiger partial charge in [-0.05, 0) is 48.0 Å². The van der Waals surface area contributed by atoms with Crippen LogP contribution in [0.1, 0.15) is 59.8 Å². The summed E-state index contributed by atoms with van der Waals surface area (Å²) < 4.78 is 14.7. The Labute approximate surface area is 146 Å². The second kappa shape index (κ2) is 7.11. The summed E-state index contributed by atoms with van der Waals surface area (Å²) in [5.41, 5.74) is 1.38. The Morgan fingerprint density at radius 1 is 1.25 bits per heavy atom. The molecule has 136 valence electrons. The molecule has 6 atom stereocenters. The van der Waals surface area contributed by atoms with Crippen molar-refractivity contribution in [3.05, 3.63) is 23.6 Å². The van der Waals surface area contributed by atoms with E-state index in [4.69, 9.17) is 5.11 Å². The standard InChI is InChI=1S/C20H29FO.CH4O/c1-6-14-11(2)7-8-16-15(14)9-12(3)18-19(21)17(22)10-13(4)20(16,18)5;1-2/h11,13-16H,3,6-10H2,1-2,4-5H3;2H,1H3. The maximum Gasteiger partial charge on any atom is 0.191 e. The molecule has 0 aliphatic heterocycles. The van der Waals surface area contributed by atoms with Gasteiger partial charge in [0.2, 0.25) is 0 Å². The molecular weight excluding hydrogens is 303 g/mol. The minimum atomic E-state index is -0.476. The smallest absolute Gasteiger partial charge is 0.191 e. The molecule has 6 unspecified atom stereocenters. The lowest BCUT2D eigenvalue weighted by atomic mass is 9.46. The van der Waals surface area contributed by atoms with Crippen LogP contribution in [0.15, 0.2) is 23.6 Å². The van der Waals surface area contributed by atoms with Crippen molar-refractivity contribution in [1.82, 2.24) is 0 Å². The van der Waals surface area contributed by atoms with E-state index in [9.17, 15) is 9.18 Å². The van der Waals surface area contributed by atoms with Crippen molar-refractivity contribution in [1.29, 1.82) is 0 Å². The van der Waals surface area contributed by atoms with Gasteiger partial charge in [0.05, 0.1) is 0 Å². The highest BCUT2D eigenvalue weighted by atomic mass is 19.1. The average molecular weight is 336 g/mol. The van der Waals surface area contributed by atoms with Crippen molar-refractivity contribution in [2.75, 3.05) is 7.11 Å². The number of Topliss-reactive ketones (excluding diaryl/α,β-unsaturated/α-hetero) is 1. The van der Waals surface area contributed by atoms with Crippen LogP contribution in [-0.2, 0) is 4.79 Å². The normalized spacial score (nSPS) is 42.0. The molecule has 2 saturated carbocycles. The Morgan fingerprint density at radius 2 is 1.88 bits per heavy atom. The van der Waals surface area contributed by atoms with Crippen molar-refractivity contribution < 1.29 is 14.3 Å². The number of ketones is 1. The zero-order valence-corrected chi connectivity index (χ0v) is 15.9. The van der Waals surface area contributed by atoms with Crippen LogP contribution in [0.2, 0.25) is 0 Å². The molecule has 0 aromatic rings. The second-order valence-corrected chi connectivity index (χ2v) is 8.20. The average Bonchev–Trinajstić information content (AvgIpc) is 2.55. The minimum absolute atomic E-state index is 0.203. The van der Waals surface area contributed by atoms with Gasteiger partial charge in [-0.2, -0.15) is 0 Å². The van der Waals surface area contributed by atoms with Gasteiger partial charge in [-0.25, -0.2) is 4.39 Å². The first-order valence-corrected chi connectivity index (χ1v) is 9.38. The number of aliphatic hydroxyl groups is 1. The molecular formula is C21H33FO2. The number of carbonyl (C=O) groups is 1. The topological polar surface area (TPSA) is 37.3 Å². The SMILES string of the molecule is C=C1CC2C(CC)C(C)CCC2C2(C)C1=C(F)C(=O)CC2C.CO. The van der Waals surface area contributed by atoms with Crippen molar-refractivity contribution in [3.63, 3.8) is 0 Å². The first kappa shape index (κ1) is 19.4. The van der Waals surface area contributed by atoms with E-state index in [1.807, 2.05) is 0 Å². The molecule has 3 heteroatoms. The molecule has 0 bridgehead atoms. The first-order chi connectivity index (χ1) is 11.3. The maximum atomic E-state index is 14.7. The summed E-state index contributed by atoms with van der Waals surface area (Å²) >= 11 is 0. The van der Waals surface area contributed by atoms with E-state index in [1.165, 1.54) is 19.3 Å². The van der Waals surface area contributed by atoms with Crippen molar-refractivity contribution >= 4 is 5.78 Å². The number of allylic oxidation sites excluding steroid dienone is 3. The largest absolute Gasteiger partial charge is 0.400 e. The number of fused-ring (bicyclic) bond motifs is 3. The Bertz CT molecular complexity index is 550. The van der Waals surface area contributed by atoms with E-state index in [1.54, 1.807) is 0 Å². The van der Waals surface area contributed by atoms with Gasteiger partial charge in [-0.1, -0.05) is 47.1 Å². The molecule has 2 fully saturated rings. The number of aliphatic hydroxyl groups excluding tert-OH is 1. The van der Waals surface area contributed by atoms with E-state index < -0.39 is 5.83 Å². The molecule has 3 aliphatic carbocycles. The van der Waals surface area contributed by atoms with E-state index >= 15 is 0 Å². The van der Waals surface area contributed by atoms with Gasteiger partial charge in [-0.15, -0.1) is 0 Å². The summed E-state index contributed by atoms with van der Waals surface area (Å²) in [4.78, 5) is 12.0. The second-order valence-electron chi connectivity index (χ2n) is 8.20. The van der Waals surface area contributed by atoms with E-state index in [0.717, 1.165) is 25.0 Å². The Morgan fingerprint density at radius 3 is 2.46 bits per heavy atom. The summed E-state index contributed by atoms with van der Waals surface area (Å²) in [6, 6.07) is 0. The molecule has 3 rings (SSSR count). The lowest BCUT2D eigenvalue weighted by molar-refractivity contribution is -0.121. The van der Waals surface area contributed by atoms with Crippen molar-refractivity contribution in [3.8, 4) is 0 Å². The van der Waals surface area contributed by atoms with Crippen molar-refractivity contribution in [2.24, 2.45) is 35.0 Å². The van der Waals surface area contributed by atoms with Crippen LogP contribution >= 0.6 is 0 Å². The van der Waals surface area contributed by atoms with Gasteiger partial charge < -0.3 is 5.11 Å². The van der Waals surface area contributed by atoms with E-state index in [0.29, 0.717) is 29.7 Å². The van der Waals surface area contributed by atoms with Gasteiger partial charge in [0.25, 0.3) is 0 Å². The Hall–Kier alpha value is -0.960. The number of rotatable bonds is 1. The van der Waals surface area contributed by atoms with E-state index in [-0.39, 0.29) is 17.1 Å². The van der Waals surface area contributed by atoms with Gasteiger partial charge >= 0.3 is 0 Å². The van der Waals surface area contributed by atoms with Crippen molar-refractivity contribution in [2.45, 2.75) is 59.8 Å². The monoisotopic (exact) mass is 336 g/mol. The highest BCUT2D eigenvalue weighted by Gasteiger charge is 2.56. The number of hydrogen-bond donors (Lipinski definition) is 1. The van der Waals surface area contributed by atoms with Crippen LogP contribution in [0.5, 0.6) is 0 Å². The first-order valence-electron chi connectivity index (χ1n) is 9.38. The zero-order chi connectivity index (χ0) is 18.2. The summed E-state index contributed by atoms with van der Waals surface area (Å²) in [6.45, 7) is 13.2. The summed E-state index contributed by atoms with van der Waals surface area (Å²) in [5, 5.41) is 7.00. The van der Waals surface area contributed by atoms with Crippen LogP contribution in [0.4, 0.5) is 4.39 Å². The molecule has 0 amide bonds. The molecule has 2 nitrogen and oxygen atoms in total. The fourth-order valence-electron chi connectivity index (χ4n) is 6.01. The predicted octanol–water partition coefficient (Wildman–Crippen LogP) is 5.08. The van der Waals surface area contributed by atoms with Crippen LogP contribution in [-0.4, -0.2) is 18.0 Å². The number of hydrogen-bond acceptors (Lipinski definition) is 2. The molecule has 3 aliphatic rings. The van der Waals surface area contributed by atoms with Gasteiger partial charge in [-0.3, -0.25) is 4.79 Å². The fraction of sp³-hybridized carbons (Fsp3) is 0.762. The Kier molecular flexibility index (Phi) is 5.74. The lowest BCUT2D eigenvalue weighted by Crippen LogP contribution is -2.51. The zero-order valence-electron chi connectivity index (χ0n) is 15.9. The molecule has 0 radical (unpaired) electrons. The molecule has 24 heavy (non-hydrogen) atoms. The fourth-order valence-corrected chi connectivity index (χ4v) is 6.01. The predicted molar refractivity (Wildman–Crippen MR) is 96.1 cm³/mol. The maximum absolute atomic E-state index is 14.7. The third kappa shape index (κ3) is 2.69. The van der Waals surface area contributed by atoms with E-state index in [2.05, 4.69) is 34.3 Å². The van der Waals surface area contributed by atoms with Crippen LogP contribution in [0, 0.1) is 35.0 Å². The third-order valence-corrected chi connectivity index (χ3v) is 7.33. The highest BCUT2D eigenvalue weighted by Crippen LogP contribution is 2.63. The molecule has 0 saturated heterocycles.